The Balaban J connectivity index is 1.08. The Morgan fingerprint density at radius 3 is 1.90 bits per heavy atom. The number of nitrogens with zero attached hydrogens (tertiary/aromatic N) is 2. The molecule has 2 heterocycles. The highest BCUT2D eigenvalue weighted by Gasteiger charge is 2.48. The zero-order valence-corrected chi connectivity index (χ0v) is 33.4. The third-order valence-electron chi connectivity index (χ3n) is 13.0. The van der Waals surface area contributed by atoms with Gasteiger partial charge < -0.3 is 9.47 Å². The third kappa shape index (κ3) is 4.61. The Hall–Kier alpha value is -7.33. The molecule has 1 spiro atoms. The topological polar surface area (TPSA) is 8.17 Å². The van der Waals surface area contributed by atoms with Crippen molar-refractivity contribution in [1.29, 1.82) is 0 Å². The van der Waals surface area contributed by atoms with E-state index in [-0.39, 0.29) is 0 Å². The molecule has 2 aliphatic rings. The van der Waals surface area contributed by atoms with Crippen LogP contribution in [0, 0.1) is 0 Å². The van der Waals surface area contributed by atoms with Crippen molar-refractivity contribution in [3.63, 3.8) is 0 Å². The second-order valence-electron chi connectivity index (χ2n) is 16.0. The highest BCUT2D eigenvalue weighted by molar-refractivity contribution is 7.99. The summed E-state index contributed by atoms with van der Waals surface area (Å²) < 4.78 is 2.44. The number of hydrogen-bond donors (Lipinski definition) is 0. The maximum atomic E-state index is 2.50. The summed E-state index contributed by atoms with van der Waals surface area (Å²) in [6.45, 7) is 0. The van der Waals surface area contributed by atoms with Gasteiger partial charge in [-0.2, -0.15) is 0 Å². The van der Waals surface area contributed by atoms with E-state index >= 15 is 0 Å². The lowest BCUT2D eigenvalue weighted by Gasteiger charge is -2.46. The zero-order valence-electron chi connectivity index (χ0n) is 32.6. The number of anilines is 3. The fourth-order valence-electron chi connectivity index (χ4n) is 10.6. The Bertz CT molecular complexity index is 3540. The average molecular weight is 781 g/mol. The molecule has 0 saturated heterocycles. The van der Waals surface area contributed by atoms with E-state index in [9.17, 15) is 0 Å². The van der Waals surface area contributed by atoms with Gasteiger partial charge in [-0.25, -0.2) is 0 Å². The van der Waals surface area contributed by atoms with Crippen LogP contribution in [-0.4, -0.2) is 4.57 Å². The summed E-state index contributed by atoms with van der Waals surface area (Å²) in [6, 6.07) is 81.2. The van der Waals surface area contributed by atoms with Gasteiger partial charge in [0.25, 0.3) is 0 Å². The third-order valence-corrected chi connectivity index (χ3v) is 14.2. The van der Waals surface area contributed by atoms with Crippen LogP contribution in [0.2, 0.25) is 0 Å². The summed E-state index contributed by atoms with van der Waals surface area (Å²) in [6.07, 6.45) is 0. The first kappa shape index (κ1) is 33.6. The molecule has 0 fully saturated rings. The van der Waals surface area contributed by atoms with Crippen molar-refractivity contribution in [2.75, 3.05) is 4.90 Å². The van der Waals surface area contributed by atoms with Gasteiger partial charge in [-0.3, -0.25) is 0 Å². The molecule has 1 aliphatic heterocycles. The van der Waals surface area contributed by atoms with Crippen molar-refractivity contribution in [3.8, 4) is 16.8 Å². The van der Waals surface area contributed by atoms with Crippen LogP contribution in [0.5, 0.6) is 0 Å². The van der Waals surface area contributed by atoms with Crippen LogP contribution in [0.3, 0.4) is 0 Å². The van der Waals surface area contributed by atoms with Gasteiger partial charge in [-0.05, 0) is 116 Å². The average Bonchev–Trinajstić information content (AvgIpc) is 3.64. The number of aromatic nitrogens is 1. The van der Waals surface area contributed by atoms with Crippen molar-refractivity contribution in [3.05, 3.63) is 241 Å². The van der Waals surface area contributed by atoms with Crippen molar-refractivity contribution in [2.24, 2.45) is 0 Å². The Labute approximate surface area is 352 Å². The lowest BCUT2D eigenvalue weighted by Crippen LogP contribution is -2.36. The summed E-state index contributed by atoms with van der Waals surface area (Å²) in [5, 5.41) is 7.54. The fraction of sp³-hybridized carbons (Fsp3) is 0.0175. The molecule has 0 saturated carbocycles. The molecule has 1 aliphatic carbocycles. The van der Waals surface area contributed by atoms with Gasteiger partial charge in [0.05, 0.1) is 22.1 Å². The second-order valence-corrected chi connectivity index (χ2v) is 17.1. The lowest BCUT2D eigenvalue weighted by atomic mass is 9.59. The van der Waals surface area contributed by atoms with E-state index in [1.165, 1.54) is 92.2 Å². The van der Waals surface area contributed by atoms with E-state index in [0.29, 0.717) is 0 Å². The van der Waals surface area contributed by atoms with E-state index in [1.807, 2.05) is 11.8 Å². The Kier molecular flexibility index (Phi) is 7.19. The summed E-state index contributed by atoms with van der Waals surface area (Å²) >= 11 is 1.89. The maximum absolute atomic E-state index is 2.50. The SMILES string of the molecule is c1ccc(N(c2ccc3c(c2)C2(c4ccccc4S3)c3ccccc3-c3cccc4cccc2c34)c2ccc3c(c2)c2ccccc2n3-c2cccc3ccccc23)cc1. The van der Waals surface area contributed by atoms with Gasteiger partial charge in [0, 0.05) is 43.0 Å². The van der Waals surface area contributed by atoms with E-state index in [1.54, 1.807) is 0 Å². The molecule has 60 heavy (non-hydrogen) atoms. The van der Waals surface area contributed by atoms with Gasteiger partial charge in [0.15, 0.2) is 0 Å². The van der Waals surface area contributed by atoms with Gasteiger partial charge in [0.1, 0.15) is 0 Å². The molecule has 13 rings (SSSR count). The van der Waals surface area contributed by atoms with Crippen molar-refractivity contribution in [1.82, 2.24) is 4.57 Å². The van der Waals surface area contributed by atoms with Crippen molar-refractivity contribution >= 4 is 72.2 Å². The molecule has 1 unspecified atom stereocenters. The van der Waals surface area contributed by atoms with Crippen LogP contribution in [-0.2, 0) is 5.41 Å². The lowest BCUT2D eigenvalue weighted by molar-refractivity contribution is 0.707. The van der Waals surface area contributed by atoms with Gasteiger partial charge >= 0.3 is 0 Å². The molecule has 1 atom stereocenters. The quantitative estimate of drug-likeness (QED) is 0.176. The normalized spacial score (nSPS) is 15.0. The molecule has 2 nitrogen and oxygen atoms in total. The van der Waals surface area contributed by atoms with E-state index < -0.39 is 5.41 Å². The highest BCUT2D eigenvalue weighted by Crippen LogP contribution is 2.62. The molecule has 0 amide bonds. The van der Waals surface area contributed by atoms with E-state index in [2.05, 4.69) is 228 Å². The Morgan fingerprint density at radius 2 is 0.983 bits per heavy atom. The van der Waals surface area contributed by atoms with Gasteiger partial charge in [-0.15, -0.1) is 0 Å². The smallest absolute Gasteiger partial charge is 0.0736 e. The number of fused-ring (bicyclic) bond motifs is 12. The minimum absolute atomic E-state index is 0.532. The summed E-state index contributed by atoms with van der Waals surface area (Å²) in [5.41, 5.74) is 14.3. The largest absolute Gasteiger partial charge is 0.310 e. The van der Waals surface area contributed by atoms with E-state index in [4.69, 9.17) is 0 Å². The first-order valence-electron chi connectivity index (χ1n) is 20.7. The second kappa shape index (κ2) is 12.8. The standard InChI is InChI=1S/C57H36N2S/c1-2-19-39(20-3-1)58(40-31-33-53-46(35-40)44-23-7-10-28-52(44)59(53)51-29-14-16-37-15-4-5-21-42(37)51)41-32-34-55-50(36-41)57(48-26-9-11-30-54(48)60-55)47-25-8-6-22-43(47)45-24-12-17-38-18-13-27-49(57)56(38)45/h1-36H. The Morgan fingerprint density at radius 1 is 0.367 bits per heavy atom. The van der Waals surface area contributed by atoms with Gasteiger partial charge in [-0.1, -0.05) is 163 Å². The molecule has 280 valence electrons. The molecule has 0 radical (unpaired) electrons. The molecule has 0 N–H and O–H groups in total. The predicted octanol–water partition coefficient (Wildman–Crippen LogP) is 15.4. The van der Waals surface area contributed by atoms with Crippen LogP contribution in [0.25, 0.3) is 60.2 Å². The number of hydrogen-bond acceptors (Lipinski definition) is 2. The monoisotopic (exact) mass is 780 g/mol. The molecule has 0 bridgehead atoms. The molecular weight excluding hydrogens is 745 g/mol. The van der Waals surface area contributed by atoms with Crippen molar-refractivity contribution < 1.29 is 0 Å². The van der Waals surface area contributed by atoms with Crippen LogP contribution in [0.1, 0.15) is 22.3 Å². The van der Waals surface area contributed by atoms with Crippen LogP contribution < -0.4 is 4.90 Å². The van der Waals surface area contributed by atoms with Crippen LogP contribution in [0.4, 0.5) is 17.1 Å². The summed E-state index contributed by atoms with van der Waals surface area (Å²) in [4.78, 5) is 5.04. The summed E-state index contributed by atoms with van der Waals surface area (Å²) in [5.74, 6) is 0. The first-order valence-corrected chi connectivity index (χ1v) is 21.5. The fourth-order valence-corrected chi connectivity index (χ4v) is 11.8. The number of para-hydroxylation sites is 2. The molecule has 1 aromatic heterocycles. The van der Waals surface area contributed by atoms with Crippen LogP contribution >= 0.6 is 11.8 Å². The minimum Gasteiger partial charge on any atom is -0.310 e. The summed E-state index contributed by atoms with van der Waals surface area (Å²) in [7, 11) is 0. The maximum Gasteiger partial charge on any atom is 0.0736 e. The molecular formula is C57H36N2S. The predicted molar refractivity (Wildman–Crippen MR) is 252 cm³/mol. The number of benzene rings is 10. The van der Waals surface area contributed by atoms with Gasteiger partial charge in [0.2, 0.25) is 0 Å². The highest BCUT2D eigenvalue weighted by atomic mass is 32.2. The number of rotatable bonds is 4. The first-order chi connectivity index (χ1) is 29.8. The molecule has 11 aromatic rings. The van der Waals surface area contributed by atoms with Crippen molar-refractivity contribution in [2.45, 2.75) is 15.2 Å². The molecule has 3 heteroatoms. The van der Waals surface area contributed by atoms with E-state index in [0.717, 1.165) is 17.1 Å². The van der Waals surface area contributed by atoms with Crippen LogP contribution in [0.15, 0.2) is 228 Å². The zero-order chi connectivity index (χ0) is 39.4. The molecule has 10 aromatic carbocycles. The minimum atomic E-state index is -0.532.